The van der Waals surface area contributed by atoms with E-state index in [0.717, 1.165) is 18.8 Å². The zero-order chi connectivity index (χ0) is 17.9. The van der Waals surface area contributed by atoms with E-state index in [0.29, 0.717) is 6.61 Å². The van der Waals surface area contributed by atoms with Gasteiger partial charge in [0.2, 0.25) is 0 Å². The van der Waals surface area contributed by atoms with Crippen molar-refractivity contribution in [2.45, 2.75) is 117 Å². The number of hydrogen-bond acceptors (Lipinski definition) is 2. The number of carbonyl (C=O) groups is 1. The van der Waals surface area contributed by atoms with E-state index in [-0.39, 0.29) is 0 Å². The largest absolute Gasteiger partial charge is 0.505 e. The van der Waals surface area contributed by atoms with Crippen molar-refractivity contribution in [3.05, 3.63) is 0 Å². The van der Waals surface area contributed by atoms with Crippen molar-refractivity contribution in [2.75, 3.05) is 6.61 Å². The van der Waals surface area contributed by atoms with Crippen LogP contribution in [0.15, 0.2) is 0 Å². The smallest absolute Gasteiger partial charge is 0.450 e. The molecule has 1 N–H and O–H groups in total. The second-order valence-corrected chi connectivity index (χ2v) is 7.60. The molecular formula is C21H42O3. The fourth-order valence-corrected chi connectivity index (χ4v) is 3.11. The van der Waals surface area contributed by atoms with Gasteiger partial charge in [-0.05, 0) is 12.3 Å². The minimum absolute atomic E-state index is 0.354. The molecular weight excluding hydrogens is 300 g/mol. The lowest BCUT2D eigenvalue weighted by Crippen LogP contribution is -2.01. The summed E-state index contributed by atoms with van der Waals surface area (Å²) in [5, 5.41) is 8.33. The van der Waals surface area contributed by atoms with Crippen molar-refractivity contribution in [1.29, 1.82) is 0 Å². The molecule has 0 aliphatic heterocycles. The molecule has 3 heteroatoms. The predicted octanol–water partition coefficient (Wildman–Crippen LogP) is 7.58. The van der Waals surface area contributed by atoms with Crippen LogP contribution < -0.4 is 0 Å². The lowest BCUT2D eigenvalue weighted by Gasteiger charge is -2.05. The van der Waals surface area contributed by atoms with Gasteiger partial charge in [0.1, 0.15) is 0 Å². The van der Waals surface area contributed by atoms with Gasteiger partial charge in [0.25, 0.3) is 0 Å². The van der Waals surface area contributed by atoms with Gasteiger partial charge >= 0.3 is 6.16 Å². The Morgan fingerprint density at radius 1 is 0.667 bits per heavy atom. The van der Waals surface area contributed by atoms with Gasteiger partial charge in [0, 0.05) is 0 Å². The fourth-order valence-electron chi connectivity index (χ4n) is 3.11. The molecule has 0 aromatic rings. The first-order valence-electron chi connectivity index (χ1n) is 10.5. The van der Waals surface area contributed by atoms with Crippen LogP contribution in [0, 0.1) is 5.92 Å². The molecule has 0 aliphatic carbocycles. The first-order chi connectivity index (χ1) is 11.6. The Hall–Kier alpha value is -0.730. The maximum atomic E-state index is 10.2. The van der Waals surface area contributed by atoms with E-state index >= 15 is 0 Å². The van der Waals surface area contributed by atoms with Crippen LogP contribution in [0.3, 0.4) is 0 Å². The van der Waals surface area contributed by atoms with Crippen LogP contribution in [0.2, 0.25) is 0 Å². The number of ether oxygens (including phenoxy) is 1. The first-order valence-corrected chi connectivity index (χ1v) is 10.5. The second kappa shape index (κ2) is 18.6. The van der Waals surface area contributed by atoms with Crippen LogP contribution in [0.4, 0.5) is 4.79 Å². The van der Waals surface area contributed by atoms with Gasteiger partial charge in [-0.25, -0.2) is 4.79 Å². The Bertz CT molecular complexity index is 264. The minimum Gasteiger partial charge on any atom is -0.450 e. The third kappa shape index (κ3) is 21.3. The molecule has 0 atom stereocenters. The molecule has 24 heavy (non-hydrogen) atoms. The van der Waals surface area contributed by atoms with Crippen molar-refractivity contribution >= 4 is 6.16 Å². The van der Waals surface area contributed by atoms with E-state index in [1.54, 1.807) is 0 Å². The quantitative estimate of drug-likeness (QED) is 0.206. The van der Waals surface area contributed by atoms with Gasteiger partial charge in [0.15, 0.2) is 0 Å². The maximum absolute atomic E-state index is 10.2. The van der Waals surface area contributed by atoms with Crippen molar-refractivity contribution in [3.8, 4) is 0 Å². The van der Waals surface area contributed by atoms with E-state index in [1.807, 2.05) is 0 Å². The van der Waals surface area contributed by atoms with Crippen LogP contribution in [0.5, 0.6) is 0 Å². The Labute approximate surface area is 150 Å². The molecule has 0 saturated heterocycles. The molecule has 0 saturated carbocycles. The topological polar surface area (TPSA) is 46.5 Å². The summed E-state index contributed by atoms with van der Waals surface area (Å²) in [6.45, 7) is 4.99. The summed E-state index contributed by atoms with van der Waals surface area (Å²) in [5.41, 5.74) is 0. The monoisotopic (exact) mass is 342 g/mol. The number of carboxylic acid groups (broad SMARTS) is 1. The molecule has 0 spiro atoms. The van der Waals surface area contributed by atoms with Crippen LogP contribution in [-0.2, 0) is 4.74 Å². The van der Waals surface area contributed by atoms with Crippen molar-refractivity contribution in [1.82, 2.24) is 0 Å². The standard InChI is InChI=1S/C21H42O3/c1-20(2)18-16-14-12-10-8-6-4-3-5-7-9-11-13-15-17-19-24-21(22)23/h20H,3-19H2,1-2H3,(H,22,23). The van der Waals surface area contributed by atoms with Gasteiger partial charge < -0.3 is 9.84 Å². The molecule has 144 valence electrons. The average Bonchev–Trinajstić information content (AvgIpc) is 2.53. The highest BCUT2D eigenvalue weighted by atomic mass is 16.7. The van der Waals surface area contributed by atoms with Crippen molar-refractivity contribution < 1.29 is 14.6 Å². The third-order valence-corrected chi connectivity index (χ3v) is 4.65. The van der Waals surface area contributed by atoms with Crippen molar-refractivity contribution in [3.63, 3.8) is 0 Å². The fraction of sp³-hybridized carbons (Fsp3) is 0.952. The normalized spacial score (nSPS) is 11.1. The van der Waals surface area contributed by atoms with Crippen LogP contribution >= 0.6 is 0 Å². The van der Waals surface area contributed by atoms with Gasteiger partial charge in [-0.15, -0.1) is 0 Å². The molecule has 3 nitrogen and oxygen atoms in total. The highest BCUT2D eigenvalue weighted by molar-refractivity contribution is 5.56. The summed E-state index contributed by atoms with van der Waals surface area (Å²) in [6.07, 6.45) is 20.2. The lowest BCUT2D eigenvalue weighted by atomic mass is 10.0. The zero-order valence-corrected chi connectivity index (χ0v) is 16.4. The molecule has 0 fully saturated rings. The molecule has 0 aliphatic rings. The zero-order valence-electron chi connectivity index (χ0n) is 16.4. The predicted molar refractivity (Wildman–Crippen MR) is 103 cm³/mol. The molecule has 0 aromatic heterocycles. The SMILES string of the molecule is CC(C)CCCCCCCCCCCCCCCCCOC(=O)O. The molecule has 0 aromatic carbocycles. The van der Waals surface area contributed by atoms with Gasteiger partial charge in [-0.2, -0.15) is 0 Å². The van der Waals surface area contributed by atoms with Gasteiger partial charge in [-0.1, -0.05) is 110 Å². The Kier molecular flexibility index (Phi) is 18.0. The number of hydrogen-bond donors (Lipinski definition) is 1. The molecule has 0 unspecified atom stereocenters. The second-order valence-electron chi connectivity index (χ2n) is 7.60. The Morgan fingerprint density at radius 3 is 1.33 bits per heavy atom. The summed E-state index contributed by atoms with van der Waals surface area (Å²) < 4.78 is 4.49. The minimum atomic E-state index is -1.15. The highest BCUT2D eigenvalue weighted by Gasteiger charge is 1.97. The number of rotatable bonds is 18. The summed E-state index contributed by atoms with van der Waals surface area (Å²) in [6, 6.07) is 0. The lowest BCUT2D eigenvalue weighted by molar-refractivity contribution is 0.0899. The van der Waals surface area contributed by atoms with E-state index < -0.39 is 6.16 Å². The first kappa shape index (κ1) is 23.3. The van der Waals surface area contributed by atoms with E-state index in [1.165, 1.54) is 89.9 Å². The Balaban J connectivity index is 2.99. The summed E-state index contributed by atoms with van der Waals surface area (Å²) in [4.78, 5) is 10.2. The molecule has 0 heterocycles. The van der Waals surface area contributed by atoms with Crippen molar-refractivity contribution in [2.24, 2.45) is 5.92 Å². The Morgan fingerprint density at radius 2 is 1.00 bits per heavy atom. The number of unbranched alkanes of at least 4 members (excludes halogenated alkanes) is 14. The summed E-state index contributed by atoms with van der Waals surface area (Å²) in [5.74, 6) is 0.871. The van der Waals surface area contributed by atoms with Gasteiger partial charge in [0.05, 0.1) is 6.61 Å². The van der Waals surface area contributed by atoms with Crippen LogP contribution in [-0.4, -0.2) is 17.9 Å². The maximum Gasteiger partial charge on any atom is 0.505 e. The highest BCUT2D eigenvalue weighted by Crippen LogP contribution is 2.14. The molecule has 0 amide bonds. The van der Waals surface area contributed by atoms with E-state index in [4.69, 9.17) is 5.11 Å². The molecule has 0 radical (unpaired) electrons. The summed E-state index contributed by atoms with van der Waals surface area (Å²) >= 11 is 0. The van der Waals surface area contributed by atoms with Crippen LogP contribution in [0.1, 0.15) is 117 Å². The van der Waals surface area contributed by atoms with E-state index in [9.17, 15) is 4.79 Å². The average molecular weight is 343 g/mol. The third-order valence-electron chi connectivity index (χ3n) is 4.65. The van der Waals surface area contributed by atoms with Crippen LogP contribution in [0.25, 0.3) is 0 Å². The molecule has 0 rings (SSSR count). The molecule has 0 bridgehead atoms. The summed E-state index contributed by atoms with van der Waals surface area (Å²) in [7, 11) is 0. The van der Waals surface area contributed by atoms with Gasteiger partial charge in [-0.3, -0.25) is 0 Å². The van der Waals surface area contributed by atoms with E-state index in [2.05, 4.69) is 18.6 Å².